The van der Waals surface area contributed by atoms with Crippen molar-refractivity contribution < 1.29 is 23.1 Å². The lowest BCUT2D eigenvalue weighted by molar-refractivity contribution is -0.132. The van der Waals surface area contributed by atoms with Crippen LogP contribution < -0.4 is 9.46 Å². The molecule has 1 atom stereocenters. The maximum Gasteiger partial charge on any atom is 0.242 e. The maximum atomic E-state index is 12.5. The average molecular weight is 417 g/mol. The van der Waals surface area contributed by atoms with Gasteiger partial charge in [-0.05, 0) is 12.1 Å². The van der Waals surface area contributed by atoms with E-state index in [-0.39, 0.29) is 18.1 Å². The molecule has 0 radical (unpaired) electrons. The van der Waals surface area contributed by atoms with Crippen molar-refractivity contribution in [3.05, 3.63) is 53.6 Å². The summed E-state index contributed by atoms with van der Waals surface area (Å²) in [5.74, 6) is 0.0488. The van der Waals surface area contributed by atoms with E-state index in [1.165, 1.54) is 12.1 Å². The highest BCUT2D eigenvalue weighted by atomic mass is 32.2. The number of ether oxygens (including phenoxy) is 1. The fourth-order valence-electron chi connectivity index (χ4n) is 3.30. The van der Waals surface area contributed by atoms with Crippen molar-refractivity contribution in [2.75, 3.05) is 18.1 Å². The van der Waals surface area contributed by atoms with E-state index in [2.05, 4.69) is 9.82 Å². The van der Waals surface area contributed by atoms with Crippen LogP contribution in [0.25, 0.3) is 0 Å². The number of nitrogens with zero attached hydrogens (tertiary/aromatic N) is 2. The molecular formula is C20H23N3O5S. The zero-order valence-electron chi connectivity index (χ0n) is 16.4. The number of carbonyl (C=O) groups excluding carboxylic acids is 1. The molecule has 0 saturated heterocycles. The molecule has 0 unspecified atom stereocenters. The van der Waals surface area contributed by atoms with E-state index >= 15 is 0 Å². The van der Waals surface area contributed by atoms with Gasteiger partial charge in [-0.2, -0.15) is 5.10 Å². The van der Waals surface area contributed by atoms with Crippen LogP contribution in [0.3, 0.4) is 0 Å². The van der Waals surface area contributed by atoms with Crippen molar-refractivity contribution in [3.63, 3.8) is 0 Å². The number of hydrazone groups is 1. The molecule has 2 aromatic rings. The van der Waals surface area contributed by atoms with Crippen LogP contribution in [-0.4, -0.2) is 43.5 Å². The molecule has 0 aliphatic carbocycles. The van der Waals surface area contributed by atoms with Crippen LogP contribution >= 0.6 is 0 Å². The number of phenolic OH excluding ortho intramolecular Hbond substituents is 1. The van der Waals surface area contributed by atoms with Crippen LogP contribution in [0.2, 0.25) is 0 Å². The molecular weight excluding hydrogens is 394 g/mol. The average Bonchev–Trinajstić information content (AvgIpc) is 3.11. The number of sulfonamides is 1. The minimum absolute atomic E-state index is 0.0482. The lowest BCUT2D eigenvalue weighted by Gasteiger charge is -2.23. The summed E-state index contributed by atoms with van der Waals surface area (Å²) in [4.78, 5) is 12.5. The monoisotopic (exact) mass is 417 g/mol. The van der Waals surface area contributed by atoms with E-state index in [0.717, 1.165) is 6.26 Å². The highest BCUT2D eigenvalue weighted by Gasteiger charge is 2.35. The van der Waals surface area contributed by atoms with Gasteiger partial charge in [-0.3, -0.25) is 9.52 Å². The molecule has 1 heterocycles. The van der Waals surface area contributed by atoms with Gasteiger partial charge in [0, 0.05) is 24.0 Å². The molecule has 1 aliphatic heterocycles. The number of amides is 1. The van der Waals surface area contributed by atoms with E-state index in [9.17, 15) is 18.3 Å². The number of aromatic hydroxyl groups is 1. The number of hydrogen-bond donors (Lipinski definition) is 2. The fraction of sp³-hybridized carbons (Fsp3) is 0.300. The Labute approximate surface area is 169 Å². The lowest BCUT2D eigenvalue weighted by Crippen LogP contribution is -2.26. The van der Waals surface area contributed by atoms with Gasteiger partial charge >= 0.3 is 0 Å². The highest BCUT2D eigenvalue weighted by Crippen LogP contribution is 2.41. The molecule has 1 amide bonds. The summed E-state index contributed by atoms with van der Waals surface area (Å²) in [5, 5.41) is 16.4. The van der Waals surface area contributed by atoms with Gasteiger partial charge < -0.3 is 9.84 Å². The number of phenols is 1. The molecule has 0 spiro atoms. The molecule has 2 aromatic carbocycles. The summed E-state index contributed by atoms with van der Waals surface area (Å²) in [6.45, 7) is 1.73. The largest absolute Gasteiger partial charge is 0.504 e. The van der Waals surface area contributed by atoms with Gasteiger partial charge in [-0.1, -0.05) is 37.3 Å². The SMILES string of the molecule is CCC(=O)N1N=C(c2ccccc2NS(C)(=O)=O)C[C@H]1c1cccc(OC)c1O. The molecule has 29 heavy (non-hydrogen) atoms. The van der Waals surface area contributed by atoms with Crippen molar-refractivity contribution in [1.82, 2.24) is 5.01 Å². The Morgan fingerprint density at radius 1 is 1.28 bits per heavy atom. The molecule has 154 valence electrons. The summed E-state index contributed by atoms with van der Waals surface area (Å²) in [6, 6.07) is 11.4. The first-order valence-electron chi connectivity index (χ1n) is 9.07. The van der Waals surface area contributed by atoms with Crippen LogP contribution in [0.1, 0.15) is 36.9 Å². The van der Waals surface area contributed by atoms with E-state index in [4.69, 9.17) is 4.74 Å². The van der Waals surface area contributed by atoms with Crippen molar-refractivity contribution in [2.45, 2.75) is 25.8 Å². The third kappa shape index (κ3) is 4.34. The number of hydrogen-bond acceptors (Lipinski definition) is 6. The van der Waals surface area contributed by atoms with Crippen LogP contribution in [-0.2, 0) is 14.8 Å². The number of benzene rings is 2. The van der Waals surface area contributed by atoms with Gasteiger partial charge in [-0.25, -0.2) is 13.4 Å². The molecule has 0 saturated carbocycles. The Morgan fingerprint density at radius 3 is 2.66 bits per heavy atom. The first kappa shape index (κ1) is 20.7. The van der Waals surface area contributed by atoms with Crippen molar-refractivity contribution in [1.29, 1.82) is 0 Å². The summed E-state index contributed by atoms with van der Waals surface area (Å²) < 4.78 is 31.1. The minimum atomic E-state index is -3.49. The standard InChI is InChI=1S/C20H23N3O5S/c1-4-19(24)23-17(14-9-7-11-18(28-2)20(14)25)12-16(21-23)13-8-5-6-10-15(13)22-29(3,26)27/h5-11,17,22,25H,4,12H2,1-3H3/t17-/m0/s1. The summed E-state index contributed by atoms with van der Waals surface area (Å²) in [7, 11) is -2.03. The van der Waals surface area contributed by atoms with Gasteiger partial charge in [-0.15, -0.1) is 0 Å². The third-order valence-corrected chi connectivity index (χ3v) is 5.20. The predicted molar refractivity (Wildman–Crippen MR) is 111 cm³/mol. The summed E-state index contributed by atoms with van der Waals surface area (Å²) in [5.41, 5.74) is 2.02. The normalized spacial score (nSPS) is 16.4. The molecule has 9 heteroatoms. The number of nitrogens with one attached hydrogen (secondary N) is 1. The van der Waals surface area contributed by atoms with Gasteiger partial charge in [0.25, 0.3) is 0 Å². The third-order valence-electron chi connectivity index (χ3n) is 4.61. The van der Waals surface area contributed by atoms with Crippen LogP contribution in [0.15, 0.2) is 47.6 Å². The van der Waals surface area contributed by atoms with E-state index in [1.807, 2.05) is 0 Å². The molecule has 0 bridgehead atoms. The summed E-state index contributed by atoms with van der Waals surface area (Å²) >= 11 is 0. The lowest BCUT2D eigenvalue weighted by atomic mass is 9.96. The maximum absolute atomic E-state index is 12.5. The van der Waals surface area contributed by atoms with Crippen molar-refractivity contribution in [3.8, 4) is 11.5 Å². The molecule has 3 rings (SSSR count). The topological polar surface area (TPSA) is 108 Å². The smallest absolute Gasteiger partial charge is 0.242 e. The second-order valence-electron chi connectivity index (χ2n) is 6.68. The zero-order chi connectivity index (χ0) is 21.2. The van der Waals surface area contributed by atoms with Crippen LogP contribution in [0.5, 0.6) is 11.5 Å². The predicted octanol–water partition coefficient (Wildman–Crippen LogP) is 2.86. The molecule has 1 aliphatic rings. The Hall–Kier alpha value is -3.07. The van der Waals surface area contributed by atoms with Crippen LogP contribution in [0, 0.1) is 0 Å². The van der Waals surface area contributed by atoms with E-state index < -0.39 is 16.1 Å². The first-order valence-corrected chi connectivity index (χ1v) is 11.0. The molecule has 8 nitrogen and oxygen atoms in total. The van der Waals surface area contributed by atoms with Crippen molar-refractivity contribution >= 4 is 27.3 Å². The van der Waals surface area contributed by atoms with Crippen molar-refractivity contribution in [2.24, 2.45) is 5.10 Å². The zero-order valence-corrected chi connectivity index (χ0v) is 17.2. The fourth-order valence-corrected chi connectivity index (χ4v) is 3.88. The number of carbonyl (C=O) groups is 1. The van der Waals surface area contributed by atoms with E-state index in [0.29, 0.717) is 34.7 Å². The molecule has 2 N–H and O–H groups in total. The quantitative estimate of drug-likeness (QED) is 0.751. The second-order valence-corrected chi connectivity index (χ2v) is 8.42. The Kier molecular flexibility index (Phi) is 5.78. The highest BCUT2D eigenvalue weighted by molar-refractivity contribution is 7.92. The second kappa shape index (κ2) is 8.12. The Morgan fingerprint density at radius 2 is 2.00 bits per heavy atom. The number of methoxy groups -OCH3 is 1. The minimum Gasteiger partial charge on any atom is -0.504 e. The van der Waals surface area contributed by atoms with Crippen LogP contribution in [0.4, 0.5) is 5.69 Å². The van der Waals surface area contributed by atoms with Gasteiger partial charge in [0.15, 0.2) is 11.5 Å². The Balaban J connectivity index is 2.05. The Bertz CT molecular complexity index is 1070. The number of para-hydroxylation sites is 2. The van der Waals surface area contributed by atoms with E-state index in [1.54, 1.807) is 49.4 Å². The molecule has 0 aromatic heterocycles. The number of rotatable bonds is 6. The summed E-state index contributed by atoms with van der Waals surface area (Å²) in [6.07, 6.45) is 1.63. The number of anilines is 1. The molecule has 0 fully saturated rings. The first-order chi connectivity index (χ1) is 13.7. The van der Waals surface area contributed by atoms with Gasteiger partial charge in [0.1, 0.15) is 0 Å². The van der Waals surface area contributed by atoms with Gasteiger partial charge in [0.05, 0.1) is 30.8 Å². The van der Waals surface area contributed by atoms with Gasteiger partial charge in [0.2, 0.25) is 15.9 Å².